The van der Waals surface area contributed by atoms with Crippen molar-refractivity contribution in [1.82, 2.24) is 0 Å². The third-order valence-corrected chi connectivity index (χ3v) is 0. The van der Waals surface area contributed by atoms with Gasteiger partial charge in [-0.3, -0.25) is 0 Å². The third kappa shape index (κ3) is 22.5. The van der Waals surface area contributed by atoms with Crippen LogP contribution in [0.25, 0.3) is 0 Å². The van der Waals surface area contributed by atoms with Gasteiger partial charge in [-0.15, -0.1) is 0 Å². The maximum absolute atomic E-state index is 0. The molecular weight excluding hydrogens is 483 g/mol. The van der Waals surface area contributed by atoms with Crippen molar-refractivity contribution in [2.24, 2.45) is 0 Å². The Morgan fingerprint density at radius 3 is 1.17 bits per heavy atom. The van der Waals surface area contributed by atoms with Crippen LogP contribution in [-0.4, -0.2) is 60.8 Å². The van der Waals surface area contributed by atoms with Gasteiger partial charge >= 0.3 is 112 Å². The Hall–Kier alpha value is 6.25. The van der Waals surface area contributed by atoms with Gasteiger partial charge in [0.25, 0.3) is 0 Å². The van der Waals surface area contributed by atoms with Crippen molar-refractivity contribution >= 4 is 60.8 Å². The van der Waals surface area contributed by atoms with Crippen LogP contribution in [0.2, 0.25) is 0 Å². The van der Waals surface area contributed by atoms with E-state index in [-0.39, 0.29) is 199 Å². The summed E-state index contributed by atoms with van der Waals surface area (Å²) in [6, 6.07) is 0. The molecule has 0 heterocycles. The molecule has 0 N–H and O–H groups in total. The maximum atomic E-state index is 0. The Bertz CT molecular complexity index is 26.4. The molecule has 0 aromatic heterocycles. The number of hydrogen-bond donors (Lipinski definition) is 0. The molecule has 28 valence electrons. The molecule has 0 rings (SSSR count). The zero-order valence-electron chi connectivity index (χ0n) is 8.68. The molecular formula is H5CaCeFeKMgW. The first-order valence-corrected chi connectivity index (χ1v) is 0. The molecule has 0 atom stereocenters. The summed E-state index contributed by atoms with van der Waals surface area (Å²) in [5, 5.41) is 0. The van der Waals surface area contributed by atoms with Crippen LogP contribution in [0.3, 0.4) is 0 Å². The molecule has 0 amide bonds. The van der Waals surface area contributed by atoms with Crippen molar-refractivity contribution < 1.29 is 138 Å². The number of rotatable bonds is 0. The Morgan fingerprint density at radius 2 is 1.17 bits per heavy atom. The molecule has 0 aromatic rings. The minimum absolute atomic E-state index is 0. The SMILES string of the molecule is [Ca+2].[Ce].[Fe].[H-].[H-].[H-].[H-].[H-].[K+].[Mg+2].[W]. The van der Waals surface area contributed by atoms with Gasteiger partial charge in [0, 0.05) is 79.9 Å². The van der Waals surface area contributed by atoms with Crippen LogP contribution in [-0.2, 0) is 38.1 Å². The van der Waals surface area contributed by atoms with Crippen molar-refractivity contribution in [1.29, 1.82) is 0 Å². The van der Waals surface area contributed by atoms with Gasteiger partial charge < -0.3 is 7.13 Å². The van der Waals surface area contributed by atoms with Gasteiger partial charge in [0.1, 0.15) is 0 Å². The normalized spacial score (nSPS) is 0. The fourth-order valence-electron chi connectivity index (χ4n) is 0. The molecule has 0 bridgehead atoms. The quantitative estimate of drug-likeness (QED) is 0.316. The van der Waals surface area contributed by atoms with E-state index >= 15 is 0 Å². The standard InChI is InChI=1S/Ca.Ce.Fe.K.Mg.W.5H/q+2;;;+1;+2;;5*-1. The van der Waals surface area contributed by atoms with Crippen LogP contribution < -0.4 is 51.4 Å². The largest absolute Gasteiger partial charge is 2.00 e. The second kappa shape index (κ2) is 30.3. The average Bonchev–Trinajstić information content (AvgIpc) is 0. The van der Waals surface area contributed by atoms with Crippen molar-refractivity contribution in [3.05, 3.63) is 0 Å². The van der Waals surface area contributed by atoms with E-state index in [4.69, 9.17) is 0 Å². The third-order valence-electron chi connectivity index (χ3n) is 0. The second-order valence-corrected chi connectivity index (χ2v) is 0. The Kier molecular flexibility index (Phi) is 200. The van der Waals surface area contributed by atoms with Gasteiger partial charge in [-0.25, -0.2) is 0 Å². The molecule has 6 heavy (non-hydrogen) atoms. The van der Waals surface area contributed by atoms with E-state index in [0.717, 1.165) is 0 Å². The molecule has 0 saturated carbocycles. The van der Waals surface area contributed by atoms with Gasteiger partial charge in [-0.2, -0.15) is 0 Å². The van der Waals surface area contributed by atoms with Crippen molar-refractivity contribution in [3.8, 4) is 0 Å². The van der Waals surface area contributed by atoms with E-state index in [9.17, 15) is 0 Å². The Morgan fingerprint density at radius 1 is 1.17 bits per heavy atom. The van der Waals surface area contributed by atoms with Gasteiger partial charge in [0.2, 0.25) is 0 Å². The van der Waals surface area contributed by atoms with Crippen molar-refractivity contribution in [2.45, 2.75) is 0 Å². The fourth-order valence-corrected chi connectivity index (χ4v) is 0. The summed E-state index contributed by atoms with van der Waals surface area (Å²) in [6.07, 6.45) is 0. The molecule has 0 nitrogen and oxygen atoms in total. The van der Waals surface area contributed by atoms with Crippen LogP contribution in [0.1, 0.15) is 7.13 Å². The monoisotopic (exact) mass is 488 g/mol. The molecule has 0 spiro atoms. The summed E-state index contributed by atoms with van der Waals surface area (Å²) < 4.78 is 0. The number of hydrogen-bond acceptors (Lipinski definition) is 0. The fraction of sp³-hybridized carbons (Fsp3) is 0. The van der Waals surface area contributed by atoms with Gasteiger partial charge in [0.15, 0.2) is 0 Å². The first-order chi connectivity index (χ1) is 0. The summed E-state index contributed by atoms with van der Waals surface area (Å²) in [7, 11) is 0. The van der Waals surface area contributed by atoms with Crippen LogP contribution in [0.4, 0.5) is 0 Å². The van der Waals surface area contributed by atoms with Crippen molar-refractivity contribution in [2.75, 3.05) is 0 Å². The molecule has 0 aliphatic carbocycles. The predicted octanol–water partition coefficient (Wildman–Crippen LogP) is -3.20. The molecule has 0 fully saturated rings. The summed E-state index contributed by atoms with van der Waals surface area (Å²) in [6.45, 7) is 0. The van der Waals surface area contributed by atoms with E-state index < -0.39 is 0 Å². The maximum Gasteiger partial charge on any atom is 2.00 e. The molecule has 6 heteroatoms. The Balaban J connectivity index is 0. The van der Waals surface area contributed by atoms with Gasteiger partial charge in [0.05, 0.1) is 0 Å². The first-order valence-electron chi connectivity index (χ1n) is 0. The summed E-state index contributed by atoms with van der Waals surface area (Å²) in [4.78, 5) is 0. The second-order valence-electron chi connectivity index (χ2n) is 0. The topological polar surface area (TPSA) is 0 Å². The average molecular weight is 488 g/mol. The molecule has 0 aliphatic heterocycles. The van der Waals surface area contributed by atoms with E-state index in [1.165, 1.54) is 0 Å². The molecule has 0 aromatic carbocycles. The van der Waals surface area contributed by atoms with E-state index in [2.05, 4.69) is 0 Å². The van der Waals surface area contributed by atoms with Crippen LogP contribution in [0.15, 0.2) is 0 Å². The minimum atomic E-state index is 0. The van der Waals surface area contributed by atoms with E-state index in [1.807, 2.05) is 0 Å². The molecule has 0 unspecified atom stereocenters. The smallest absolute Gasteiger partial charge is 1.00 e. The summed E-state index contributed by atoms with van der Waals surface area (Å²) >= 11 is 0. The van der Waals surface area contributed by atoms with Crippen molar-refractivity contribution in [3.63, 3.8) is 0 Å². The van der Waals surface area contributed by atoms with Crippen LogP contribution >= 0.6 is 0 Å². The van der Waals surface area contributed by atoms with Gasteiger partial charge in [-0.05, 0) is 0 Å². The molecule has 0 saturated heterocycles. The zero-order valence-corrected chi connectivity index (χ0v) is 17.6. The van der Waals surface area contributed by atoms with E-state index in [1.54, 1.807) is 0 Å². The van der Waals surface area contributed by atoms with Gasteiger partial charge in [-0.1, -0.05) is 0 Å². The molecule has 0 radical (unpaired) electrons. The first kappa shape index (κ1) is 39.7. The van der Waals surface area contributed by atoms with Crippen LogP contribution in [0.5, 0.6) is 0 Å². The van der Waals surface area contributed by atoms with Crippen LogP contribution in [0, 0.1) is 41.7 Å². The molecule has 0 aliphatic rings. The predicted molar refractivity (Wildman–Crippen MR) is 17.1 cm³/mol. The minimum Gasteiger partial charge on any atom is -1.00 e. The summed E-state index contributed by atoms with van der Waals surface area (Å²) in [5.41, 5.74) is 0. The zero-order chi connectivity index (χ0) is 0. The Labute approximate surface area is 193 Å². The van der Waals surface area contributed by atoms with E-state index in [0.29, 0.717) is 0 Å². The summed E-state index contributed by atoms with van der Waals surface area (Å²) in [5.74, 6) is 0.